The molecule has 0 unspecified atom stereocenters. The van der Waals surface area contributed by atoms with E-state index in [1.165, 1.54) is 24.7 Å². The summed E-state index contributed by atoms with van der Waals surface area (Å²) in [6.07, 6.45) is 4.26. The zero-order valence-electron chi connectivity index (χ0n) is 15.2. The maximum atomic E-state index is 11.6. The van der Waals surface area contributed by atoms with E-state index in [2.05, 4.69) is 4.99 Å². The van der Waals surface area contributed by atoms with Gasteiger partial charge in [-0.05, 0) is 48.5 Å². The van der Waals surface area contributed by atoms with E-state index in [0.717, 1.165) is 0 Å². The van der Waals surface area contributed by atoms with Crippen LogP contribution in [-0.4, -0.2) is 20.6 Å². The third-order valence-corrected chi connectivity index (χ3v) is 4.76. The summed E-state index contributed by atoms with van der Waals surface area (Å²) >= 11 is 0. The van der Waals surface area contributed by atoms with Crippen LogP contribution in [0.3, 0.4) is 0 Å². The molecule has 0 heterocycles. The van der Waals surface area contributed by atoms with E-state index in [1.807, 2.05) is 60.7 Å². The fourth-order valence-electron chi connectivity index (χ4n) is 2.27. The molecule has 0 aliphatic carbocycles. The average molecular weight is 393 g/mol. The van der Waals surface area contributed by atoms with Gasteiger partial charge >= 0.3 is 0 Å². The van der Waals surface area contributed by atoms with Crippen LogP contribution in [0.5, 0.6) is 11.5 Å². The Morgan fingerprint density at radius 1 is 0.821 bits per heavy atom. The van der Waals surface area contributed by atoms with Crippen molar-refractivity contribution in [3.8, 4) is 11.5 Å². The zero-order valence-corrected chi connectivity index (χ0v) is 16.0. The molecule has 0 saturated heterocycles. The lowest BCUT2D eigenvalue weighted by molar-refractivity contribution is 0.479. The third-order valence-electron chi connectivity index (χ3n) is 3.63. The highest BCUT2D eigenvalue weighted by molar-refractivity contribution is 7.90. The first-order chi connectivity index (χ1) is 13.5. The predicted molar refractivity (Wildman–Crippen MR) is 110 cm³/mol. The van der Waals surface area contributed by atoms with Gasteiger partial charge in [0.05, 0.1) is 16.8 Å². The Hall–Kier alpha value is -3.38. The maximum Gasteiger partial charge on any atom is 0.222 e. The molecule has 0 fully saturated rings. The number of nitrogens with zero attached hydrogens (tertiary/aromatic N) is 1. The Morgan fingerprint density at radius 2 is 1.39 bits per heavy atom. The van der Waals surface area contributed by atoms with Gasteiger partial charge in [-0.3, -0.25) is 0 Å². The first kappa shape index (κ1) is 19.4. The molecule has 6 heteroatoms. The summed E-state index contributed by atoms with van der Waals surface area (Å²) in [5.74, 6) is 1.61. The van der Waals surface area contributed by atoms with E-state index in [-0.39, 0.29) is 4.90 Å². The van der Waals surface area contributed by atoms with Gasteiger partial charge < -0.3 is 9.47 Å². The highest BCUT2D eigenvalue weighted by Crippen LogP contribution is 2.18. The molecule has 0 N–H and O–H groups in total. The van der Waals surface area contributed by atoms with E-state index in [0.29, 0.717) is 23.1 Å². The summed E-state index contributed by atoms with van der Waals surface area (Å²) in [7, 11) is -3.26. The minimum Gasteiger partial charge on any atom is -0.465 e. The molecular formula is C22H19NO4S. The normalized spacial score (nSPS) is 12.1. The predicted octanol–water partition coefficient (Wildman–Crippen LogP) is 4.79. The molecular weight excluding hydrogens is 374 g/mol. The summed E-state index contributed by atoms with van der Waals surface area (Å²) < 4.78 is 34.6. The van der Waals surface area contributed by atoms with Crippen molar-refractivity contribution in [3.63, 3.8) is 0 Å². The van der Waals surface area contributed by atoms with Crippen molar-refractivity contribution in [1.82, 2.24) is 0 Å². The van der Waals surface area contributed by atoms with Gasteiger partial charge in [-0.2, -0.15) is 0 Å². The highest BCUT2D eigenvalue weighted by Gasteiger charge is 2.06. The van der Waals surface area contributed by atoms with Gasteiger partial charge in [0.1, 0.15) is 11.5 Å². The Balaban J connectivity index is 1.83. The zero-order chi connectivity index (χ0) is 19.8. The smallest absolute Gasteiger partial charge is 0.222 e. The van der Waals surface area contributed by atoms with Crippen LogP contribution in [0.4, 0.5) is 5.69 Å². The van der Waals surface area contributed by atoms with Gasteiger partial charge in [0.2, 0.25) is 5.90 Å². The van der Waals surface area contributed by atoms with Crippen molar-refractivity contribution in [2.24, 2.45) is 4.99 Å². The van der Waals surface area contributed by atoms with Crippen molar-refractivity contribution in [2.75, 3.05) is 6.26 Å². The minimum absolute atomic E-state index is 0.236. The largest absolute Gasteiger partial charge is 0.465 e. The molecule has 0 spiro atoms. The van der Waals surface area contributed by atoms with Crippen LogP contribution >= 0.6 is 0 Å². The van der Waals surface area contributed by atoms with Crippen LogP contribution in [0, 0.1) is 0 Å². The third kappa shape index (κ3) is 5.82. The lowest BCUT2D eigenvalue weighted by Gasteiger charge is -2.06. The quantitative estimate of drug-likeness (QED) is 0.343. The Kier molecular flexibility index (Phi) is 6.24. The summed E-state index contributed by atoms with van der Waals surface area (Å²) in [4.78, 5) is 4.68. The van der Waals surface area contributed by atoms with Crippen molar-refractivity contribution in [3.05, 3.63) is 97.3 Å². The van der Waals surface area contributed by atoms with Gasteiger partial charge in [-0.15, -0.1) is 0 Å². The Morgan fingerprint density at radius 3 is 1.96 bits per heavy atom. The van der Waals surface area contributed by atoms with Crippen molar-refractivity contribution in [1.29, 1.82) is 0 Å². The number of hydrogen-bond acceptors (Lipinski definition) is 5. The number of rotatable bonds is 6. The molecule has 0 atom stereocenters. The Labute approximate surface area is 164 Å². The monoisotopic (exact) mass is 393 g/mol. The first-order valence-electron chi connectivity index (χ1n) is 8.51. The van der Waals surface area contributed by atoms with Crippen molar-refractivity contribution < 1.29 is 17.9 Å². The van der Waals surface area contributed by atoms with E-state index in [9.17, 15) is 8.42 Å². The lowest BCUT2D eigenvalue weighted by Crippen LogP contribution is -2.05. The van der Waals surface area contributed by atoms with E-state index in [1.54, 1.807) is 18.2 Å². The fraction of sp³-hybridized carbons (Fsp3) is 0.0455. The maximum absolute atomic E-state index is 11.6. The number of benzene rings is 3. The number of para-hydroxylation sites is 2. The first-order valence-corrected chi connectivity index (χ1v) is 10.4. The fourth-order valence-corrected chi connectivity index (χ4v) is 2.90. The lowest BCUT2D eigenvalue weighted by atomic mass is 10.3. The second kappa shape index (κ2) is 9.01. The van der Waals surface area contributed by atoms with Crippen LogP contribution < -0.4 is 9.47 Å². The van der Waals surface area contributed by atoms with Gasteiger partial charge in [-0.1, -0.05) is 36.4 Å². The van der Waals surface area contributed by atoms with Crippen LogP contribution in [-0.2, 0) is 9.84 Å². The van der Waals surface area contributed by atoms with Crippen LogP contribution in [0.15, 0.2) is 107 Å². The van der Waals surface area contributed by atoms with Gasteiger partial charge in [0.15, 0.2) is 9.84 Å². The van der Waals surface area contributed by atoms with Crippen LogP contribution in [0.2, 0.25) is 0 Å². The van der Waals surface area contributed by atoms with Gasteiger partial charge in [0, 0.05) is 12.3 Å². The van der Waals surface area contributed by atoms with E-state index >= 15 is 0 Å². The minimum atomic E-state index is -3.26. The molecule has 3 aromatic rings. The summed E-state index contributed by atoms with van der Waals surface area (Å²) in [5.41, 5.74) is 0.558. The molecule has 0 saturated carbocycles. The summed E-state index contributed by atoms with van der Waals surface area (Å²) in [6, 6.07) is 24.8. The molecule has 28 heavy (non-hydrogen) atoms. The van der Waals surface area contributed by atoms with Crippen LogP contribution in [0.25, 0.3) is 0 Å². The SMILES string of the molecule is CS(=O)(=O)c1ccc(N=C(C=COc2ccccc2)Oc2ccccc2)cc1. The summed E-state index contributed by atoms with van der Waals surface area (Å²) in [6.45, 7) is 0. The molecule has 142 valence electrons. The molecule has 0 aromatic heterocycles. The molecule has 0 amide bonds. The number of ether oxygens (including phenoxy) is 2. The molecule has 3 rings (SSSR count). The van der Waals surface area contributed by atoms with Crippen molar-refractivity contribution >= 4 is 21.4 Å². The number of sulfone groups is 1. The highest BCUT2D eigenvalue weighted by atomic mass is 32.2. The molecule has 0 aliphatic heterocycles. The molecule has 3 aromatic carbocycles. The topological polar surface area (TPSA) is 65.0 Å². The Bertz CT molecular complexity index is 1060. The van der Waals surface area contributed by atoms with Crippen molar-refractivity contribution in [2.45, 2.75) is 4.90 Å². The molecule has 0 bridgehead atoms. The average Bonchev–Trinajstić information content (AvgIpc) is 2.69. The number of aliphatic imine (C=N–C) groups is 1. The number of hydrogen-bond donors (Lipinski definition) is 0. The second-order valence-corrected chi connectivity index (χ2v) is 7.88. The van der Waals surface area contributed by atoms with Gasteiger partial charge in [0.25, 0.3) is 0 Å². The standard InChI is InChI=1S/C22H19NO4S/c1-28(24,25)21-14-12-18(13-15-21)23-22(27-20-10-6-3-7-11-20)16-17-26-19-8-4-2-5-9-19/h2-17H,1H3. The van der Waals surface area contributed by atoms with Gasteiger partial charge in [-0.25, -0.2) is 13.4 Å². The second-order valence-electron chi connectivity index (χ2n) is 5.86. The van der Waals surface area contributed by atoms with E-state index in [4.69, 9.17) is 9.47 Å². The molecule has 0 radical (unpaired) electrons. The molecule has 0 aliphatic rings. The van der Waals surface area contributed by atoms with E-state index < -0.39 is 9.84 Å². The molecule has 5 nitrogen and oxygen atoms in total. The van der Waals surface area contributed by atoms with Crippen LogP contribution in [0.1, 0.15) is 0 Å². The summed E-state index contributed by atoms with van der Waals surface area (Å²) in [5, 5.41) is 0.